The van der Waals surface area contributed by atoms with Crippen LogP contribution in [0.2, 0.25) is 5.02 Å². The third kappa shape index (κ3) is 2.73. The number of aryl methyl sites for hydroxylation is 1. The molecule has 0 radical (unpaired) electrons. The first-order valence-corrected chi connectivity index (χ1v) is 7.75. The zero-order valence-corrected chi connectivity index (χ0v) is 12.7. The number of nitrogens with zero attached hydrogens (tertiary/aromatic N) is 1. The molecule has 20 heavy (non-hydrogen) atoms. The third-order valence-corrected chi connectivity index (χ3v) is 5.12. The first-order valence-electron chi connectivity index (χ1n) is 5.93. The number of benzene rings is 2. The van der Waals surface area contributed by atoms with Crippen LogP contribution < -0.4 is 10.0 Å². The summed E-state index contributed by atoms with van der Waals surface area (Å²) in [5.41, 5.74) is 7.40. The van der Waals surface area contributed by atoms with Gasteiger partial charge in [-0.3, -0.25) is 4.31 Å². The molecule has 6 heteroatoms. The lowest BCUT2D eigenvalue weighted by molar-refractivity contribution is 0.594. The zero-order chi connectivity index (χ0) is 14.9. The van der Waals surface area contributed by atoms with E-state index in [2.05, 4.69) is 0 Å². The van der Waals surface area contributed by atoms with Crippen molar-refractivity contribution in [3.05, 3.63) is 53.1 Å². The van der Waals surface area contributed by atoms with Gasteiger partial charge in [-0.1, -0.05) is 23.7 Å². The average molecular weight is 311 g/mol. The lowest BCUT2D eigenvalue weighted by atomic mass is 10.2. The van der Waals surface area contributed by atoms with E-state index in [-0.39, 0.29) is 4.90 Å². The van der Waals surface area contributed by atoms with E-state index in [1.54, 1.807) is 30.3 Å². The molecule has 0 aliphatic rings. The number of sulfonamides is 1. The molecule has 0 fully saturated rings. The molecule has 0 spiro atoms. The van der Waals surface area contributed by atoms with Crippen LogP contribution in [-0.2, 0) is 10.0 Å². The van der Waals surface area contributed by atoms with Gasteiger partial charge < -0.3 is 5.73 Å². The van der Waals surface area contributed by atoms with Gasteiger partial charge in [0.1, 0.15) is 0 Å². The van der Waals surface area contributed by atoms with Crippen LogP contribution in [0.15, 0.2) is 47.4 Å². The number of halogens is 1. The summed E-state index contributed by atoms with van der Waals surface area (Å²) in [6.45, 7) is 1.85. The standard InChI is InChI=1S/C14H15ClN2O2S/c1-10-4-3-5-12(8-10)20(18,19)17(2)11-6-7-13(15)14(16)9-11/h3-9H,16H2,1-2H3. The Morgan fingerprint density at radius 2 is 1.85 bits per heavy atom. The van der Waals surface area contributed by atoms with Crippen LogP contribution in [0.3, 0.4) is 0 Å². The van der Waals surface area contributed by atoms with E-state index in [4.69, 9.17) is 17.3 Å². The molecule has 0 amide bonds. The van der Waals surface area contributed by atoms with Gasteiger partial charge in [-0.2, -0.15) is 0 Å². The molecular formula is C14H15ClN2O2S. The van der Waals surface area contributed by atoms with Crippen LogP contribution in [0.4, 0.5) is 11.4 Å². The number of hydrogen-bond donors (Lipinski definition) is 1. The van der Waals surface area contributed by atoms with E-state index in [0.29, 0.717) is 16.4 Å². The van der Waals surface area contributed by atoms with Crippen LogP contribution in [0, 0.1) is 6.92 Å². The summed E-state index contributed by atoms with van der Waals surface area (Å²) in [5, 5.41) is 0.398. The van der Waals surface area contributed by atoms with E-state index in [1.165, 1.54) is 17.4 Å². The predicted molar refractivity (Wildman–Crippen MR) is 82.6 cm³/mol. The highest BCUT2D eigenvalue weighted by Crippen LogP contribution is 2.28. The molecule has 4 nitrogen and oxygen atoms in total. The van der Waals surface area contributed by atoms with Crippen molar-refractivity contribution in [3.8, 4) is 0 Å². The SMILES string of the molecule is Cc1cccc(S(=O)(=O)N(C)c2ccc(Cl)c(N)c2)c1. The fraction of sp³-hybridized carbons (Fsp3) is 0.143. The summed E-state index contributed by atoms with van der Waals surface area (Å²) in [7, 11) is -2.12. The van der Waals surface area contributed by atoms with Crippen molar-refractivity contribution in [2.45, 2.75) is 11.8 Å². The Morgan fingerprint density at radius 3 is 2.45 bits per heavy atom. The molecule has 0 aromatic heterocycles. The Balaban J connectivity index is 2.46. The van der Waals surface area contributed by atoms with Crippen LogP contribution in [0.5, 0.6) is 0 Å². The molecule has 2 aromatic carbocycles. The van der Waals surface area contributed by atoms with Crippen LogP contribution in [0.1, 0.15) is 5.56 Å². The Kier molecular flexibility index (Phi) is 3.92. The summed E-state index contributed by atoms with van der Waals surface area (Å²) in [6, 6.07) is 11.5. The molecule has 0 saturated carbocycles. The van der Waals surface area contributed by atoms with Gasteiger partial charge in [0, 0.05) is 7.05 Å². The van der Waals surface area contributed by atoms with Gasteiger partial charge in [-0.25, -0.2) is 8.42 Å². The van der Waals surface area contributed by atoms with Crippen molar-refractivity contribution in [2.24, 2.45) is 0 Å². The highest BCUT2D eigenvalue weighted by Gasteiger charge is 2.21. The minimum absolute atomic E-state index is 0.244. The maximum atomic E-state index is 12.5. The van der Waals surface area contributed by atoms with Crippen LogP contribution >= 0.6 is 11.6 Å². The maximum Gasteiger partial charge on any atom is 0.264 e. The predicted octanol–water partition coefficient (Wildman–Crippen LogP) is 3.06. The van der Waals surface area contributed by atoms with Gasteiger partial charge in [-0.05, 0) is 42.8 Å². The molecule has 0 saturated heterocycles. The number of nitrogen functional groups attached to an aromatic ring is 1. The second-order valence-electron chi connectivity index (χ2n) is 4.49. The topological polar surface area (TPSA) is 63.4 Å². The molecule has 2 rings (SSSR count). The van der Waals surface area contributed by atoms with Gasteiger partial charge in [0.15, 0.2) is 0 Å². The Labute approximate surface area is 123 Å². The number of nitrogens with two attached hydrogens (primary N) is 1. The lowest BCUT2D eigenvalue weighted by Gasteiger charge is -2.20. The minimum Gasteiger partial charge on any atom is -0.397 e. The summed E-state index contributed by atoms with van der Waals surface area (Å²) < 4.78 is 26.3. The summed E-state index contributed by atoms with van der Waals surface area (Å²) >= 11 is 5.84. The van der Waals surface area contributed by atoms with E-state index < -0.39 is 10.0 Å². The minimum atomic E-state index is -3.61. The van der Waals surface area contributed by atoms with E-state index >= 15 is 0 Å². The molecule has 0 atom stereocenters. The van der Waals surface area contributed by atoms with Crippen LogP contribution in [0.25, 0.3) is 0 Å². The Bertz CT molecular complexity index is 745. The van der Waals surface area contributed by atoms with Gasteiger partial charge in [0.05, 0.1) is 21.3 Å². The van der Waals surface area contributed by atoms with Crippen molar-refractivity contribution in [2.75, 3.05) is 17.1 Å². The number of anilines is 2. The first-order chi connectivity index (χ1) is 9.32. The van der Waals surface area contributed by atoms with E-state index in [9.17, 15) is 8.42 Å². The van der Waals surface area contributed by atoms with Gasteiger partial charge in [-0.15, -0.1) is 0 Å². The van der Waals surface area contributed by atoms with E-state index in [0.717, 1.165) is 5.56 Å². The van der Waals surface area contributed by atoms with Crippen LogP contribution in [-0.4, -0.2) is 15.5 Å². The summed E-state index contributed by atoms with van der Waals surface area (Å²) in [5.74, 6) is 0. The second kappa shape index (κ2) is 5.34. The number of rotatable bonds is 3. The highest BCUT2D eigenvalue weighted by atomic mass is 35.5. The van der Waals surface area contributed by atoms with Crippen molar-refractivity contribution < 1.29 is 8.42 Å². The third-order valence-electron chi connectivity index (χ3n) is 2.99. The molecular weight excluding hydrogens is 296 g/mol. The summed E-state index contributed by atoms with van der Waals surface area (Å²) in [6.07, 6.45) is 0. The van der Waals surface area contributed by atoms with Crippen molar-refractivity contribution in [3.63, 3.8) is 0 Å². The zero-order valence-electron chi connectivity index (χ0n) is 11.2. The fourth-order valence-corrected chi connectivity index (χ4v) is 3.21. The first kappa shape index (κ1) is 14.7. The van der Waals surface area contributed by atoms with Crippen molar-refractivity contribution in [1.82, 2.24) is 0 Å². The quantitative estimate of drug-likeness (QED) is 0.886. The van der Waals surface area contributed by atoms with Crippen molar-refractivity contribution >= 4 is 33.0 Å². The molecule has 0 aliphatic carbocycles. The summed E-state index contributed by atoms with van der Waals surface area (Å²) in [4.78, 5) is 0.244. The molecule has 0 bridgehead atoms. The fourth-order valence-electron chi connectivity index (χ4n) is 1.80. The Hall–Kier alpha value is -1.72. The molecule has 2 aromatic rings. The molecule has 0 heterocycles. The largest absolute Gasteiger partial charge is 0.397 e. The second-order valence-corrected chi connectivity index (χ2v) is 6.87. The van der Waals surface area contributed by atoms with Gasteiger partial charge in [0.25, 0.3) is 10.0 Å². The smallest absolute Gasteiger partial charge is 0.264 e. The molecule has 0 aliphatic heterocycles. The van der Waals surface area contributed by atoms with Gasteiger partial charge in [0.2, 0.25) is 0 Å². The van der Waals surface area contributed by atoms with Crippen molar-refractivity contribution in [1.29, 1.82) is 0 Å². The maximum absolute atomic E-state index is 12.5. The molecule has 106 valence electrons. The Morgan fingerprint density at radius 1 is 1.15 bits per heavy atom. The number of hydrogen-bond acceptors (Lipinski definition) is 3. The lowest BCUT2D eigenvalue weighted by Crippen LogP contribution is -2.26. The molecule has 2 N–H and O–H groups in total. The molecule has 0 unspecified atom stereocenters. The highest BCUT2D eigenvalue weighted by molar-refractivity contribution is 7.92. The van der Waals surface area contributed by atoms with E-state index in [1.807, 2.05) is 13.0 Å². The average Bonchev–Trinajstić information content (AvgIpc) is 2.41. The normalized spacial score (nSPS) is 11.3. The monoisotopic (exact) mass is 310 g/mol. The van der Waals surface area contributed by atoms with Gasteiger partial charge >= 0.3 is 0 Å².